The van der Waals surface area contributed by atoms with Gasteiger partial charge < -0.3 is 10.2 Å². The van der Waals surface area contributed by atoms with Crippen molar-refractivity contribution in [2.75, 3.05) is 13.1 Å². The number of hydrogen-bond acceptors (Lipinski definition) is 4. The number of amides is 1. The predicted octanol–water partition coefficient (Wildman–Crippen LogP) is 1.59. The summed E-state index contributed by atoms with van der Waals surface area (Å²) in [5, 5.41) is 3.33. The molecule has 2 aliphatic rings. The molecule has 1 fully saturated rings. The third-order valence-corrected chi connectivity index (χ3v) is 4.16. The van der Waals surface area contributed by atoms with Gasteiger partial charge in [0.25, 0.3) is 0 Å². The Labute approximate surface area is 119 Å². The zero-order valence-electron chi connectivity index (χ0n) is 12.1. The predicted molar refractivity (Wildman–Crippen MR) is 76.0 cm³/mol. The lowest BCUT2D eigenvalue weighted by Crippen LogP contribution is -2.32. The number of carbonyl (C=O) groups excluding carboxylic acids is 1. The Morgan fingerprint density at radius 1 is 1.55 bits per heavy atom. The third kappa shape index (κ3) is 2.54. The van der Waals surface area contributed by atoms with E-state index in [4.69, 9.17) is 4.98 Å². The van der Waals surface area contributed by atoms with Crippen LogP contribution in [0.2, 0.25) is 0 Å². The Hall–Kier alpha value is -1.49. The Kier molecular flexibility index (Phi) is 3.96. The van der Waals surface area contributed by atoms with Gasteiger partial charge >= 0.3 is 0 Å². The highest BCUT2D eigenvalue weighted by atomic mass is 16.2. The highest BCUT2D eigenvalue weighted by Crippen LogP contribution is 2.31. The number of carbonyl (C=O) groups is 1. The average molecular weight is 274 g/mol. The maximum atomic E-state index is 12.2. The van der Waals surface area contributed by atoms with E-state index in [2.05, 4.69) is 10.3 Å². The molecule has 2 aliphatic heterocycles. The number of nitrogens with one attached hydrogen (secondary N) is 1. The van der Waals surface area contributed by atoms with Crippen molar-refractivity contribution in [2.24, 2.45) is 0 Å². The van der Waals surface area contributed by atoms with Crippen LogP contribution < -0.4 is 5.32 Å². The van der Waals surface area contributed by atoms with Gasteiger partial charge in [0.15, 0.2) is 5.82 Å². The van der Waals surface area contributed by atoms with Gasteiger partial charge in [0, 0.05) is 49.9 Å². The molecule has 1 aromatic rings. The van der Waals surface area contributed by atoms with Crippen molar-refractivity contribution >= 4 is 5.91 Å². The topological polar surface area (TPSA) is 58.1 Å². The number of likely N-dealkylation sites (tertiary alicyclic amines) is 1. The van der Waals surface area contributed by atoms with E-state index in [1.165, 1.54) is 5.56 Å². The van der Waals surface area contributed by atoms with E-state index < -0.39 is 0 Å². The van der Waals surface area contributed by atoms with E-state index in [-0.39, 0.29) is 11.9 Å². The Balaban J connectivity index is 1.82. The van der Waals surface area contributed by atoms with Gasteiger partial charge in [0.05, 0.1) is 6.04 Å². The fourth-order valence-corrected chi connectivity index (χ4v) is 3.10. The van der Waals surface area contributed by atoms with E-state index in [0.29, 0.717) is 6.42 Å². The van der Waals surface area contributed by atoms with Gasteiger partial charge in [0.1, 0.15) is 0 Å². The molecule has 20 heavy (non-hydrogen) atoms. The molecule has 5 heteroatoms. The first-order valence-electron chi connectivity index (χ1n) is 7.64. The maximum Gasteiger partial charge on any atom is 0.223 e. The second kappa shape index (κ2) is 5.87. The van der Waals surface area contributed by atoms with Gasteiger partial charge in [-0.3, -0.25) is 4.79 Å². The lowest BCUT2D eigenvalue weighted by Gasteiger charge is -2.25. The zero-order chi connectivity index (χ0) is 13.9. The first-order chi connectivity index (χ1) is 9.79. The fraction of sp³-hybridized carbons (Fsp3) is 0.667. The first-order valence-corrected chi connectivity index (χ1v) is 7.64. The van der Waals surface area contributed by atoms with Crippen molar-refractivity contribution in [3.63, 3.8) is 0 Å². The fourth-order valence-electron chi connectivity index (χ4n) is 3.10. The van der Waals surface area contributed by atoms with Crippen LogP contribution >= 0.6 is 0 Å². The summed E-state index contributed by atoms with van der Waals surface area (Å²) in [7, 11) is 0. The van der Waals surface area contributed by atoms with E-state index in [1.807, 2.05) is 18.0 Å². The largest absolute Gasteiger partial charge is 0.332 e. The van der Waals surface area contributed by atoms with Crippen molar-refractivity contribution < 1.29 is 4.79 Å². The van der Waals surface area contributed by atoms with Crippen LogP contribution in [-0.2, 0) is 17.8 Å². The monoisotopic (exact) mass is 274 g/mol. The molecule has 3 heterocycles. The molecule has 0 saturated carbocycles. The molecule has 0 radical (unpaired) electrons. The van der Waals surface area contributed by atoms with Crippen LogP contribution in [0.1, 0.15) is 55.7 Å². The van der Waals surface area contributed by atoms with Gasteiger partial charge in [-0.1, -0.05) is 6.92 Å². The molecule has 0 aromatic carbocycles. The molecule has 1 amide bonds. The van der Waals surface area contributed by atoms with Crippen LogP contribution in [0.15, 0.2) is 6.20 Å². The number of rotatable bonds is 3. The molecule has 1 saturated heterocycles. The zero-order valence-corrected chi connectivity index (χ0v) is 12.1. The van der Waals surface area contributed by atoms with Crippen LogP contribution in [0.25, 0.3) is 0 Å². The molecule has 0 aliphatic carbocycles. The lowest BCUT2D eigenvalue weighted by atomic mass is 10.1. The molecule has 1 N–H and O–H groups in total. The average Bonchev–Trinajstić information content (AvgIpc) is 2.96. The van der Waals surface area contributed by atoms with E-state index in [0.717, 1.165) is 56.8 Å². The SMILES string of the molecule is CCCC(=O)N1CCC[C@H]1c1ncc2c(n1)CCNC2. The Morgan fingerprint density at radius 2 is 2.45 bits per heavy atom. The van der Waals surface area contributed by atoms with Crippen LogP contribution in [0.5, 0.6) is 0 Å². The summed E-state index contributed by atoms with van der Waals surface area (Å²) in [5.41, 5.74) is 2.35. The van der Waals surface area contributed by atoms with Crippen LogP contribution in [-0.4, -0.2) is 33.9 Å². The minimum Gasteiger partial charge on any atom is -0.332 e. The summed E-state index contributed by atoms with van der Waals surface area (Å²) in [4.78, 5) is 23.4. The normalized spacial score (nSPS) is 21.9. The molecule has 1 aromatic heterocycles. The van der Waals surface area contributed by atoms with Gasteiger partial charge in [-0.15, -0.1) is 0 Å². The van der Waals surface area contributed by atoms with E-state index in [1.54, 1.807) is 0 Å². The number of aromatic nitrogens is 2. The maximum absolute atomic E-state index is 12.2. The molecular weight excluding hydrogens is 252 g/mol. The molecule has 0 spiro atoms. The minimum atomic E-state index is 0.0919. The Morgan fingerprint density at radius 3 is 3.30 bits per heavy atom. The second-order valence-electron chi connectivity index (χ2n) is 5.62. The van der Waals surface area contributed by atoms with Crippen molar-refractivity contribution in [1.82, 2.24) is 20.2 Å². The van der Waals surface area contributed by atoms with E-state index >= 15 is 0 Å². The third-order valence-electron chi connectivity index (χ3n) is 4.16. The first kappa shape index (κ1) is 13.5. The van der Waals surface area contributed by atoms with Crippen LogP contribution in [0, 0.1) is 0 Å². The number of hydrogen-bond donors (Lipinski definition) is 1. The smallest absolute Gasteiger partial charge is 0.223 e. The highest BCUT2D eigenvalue weighted by molar-refractivity contribution is 5.76. The minimum absolute atomic E-state index is 0.0919. The summed E-state index contributed by atoms with van der Waals surface area (Å²) in [5.74, 6) is 1.09. The summed E-state index contributed by atoms with van der Waals surface area (Å²) in [6.45, 7) is 4.74. The molecule has 0 unspecified atom stereocenters. The van der Waals surface area contributed by atoms with Crippen molar-refractivity contribution in [3.05, 3.63) is 23.3 Å². The molecular formula is C15H22N4O. The summed E-state index contributed by atoms with van der Waals surface area (Å²) < 4.78 is 0. The van der Waals surface area contributed by atoms with E-state index in [9.17, 15) is 4.79 Å². The van der Waals surface area contributed by atoms with Crippen LogP contribution in [0.3, 0.4) is 0 Å². The quantitative estimate of drug-likeness (QED) is 0.909. The molecule has 0 bridgehead atoms. The standard InChI is InChI=1S/C15H22N4O/c1-2-4-14(20)19-8-3-5-13(19)15-17-10-11-9-16-7-6-12(11)18-15/h10,13,16H,2-9H2,1H3/t13-/m0/s1. The summed E-state index contributed by atoms with van der Waals surface area (Å²) >= 11 is 0. The summed E-state index contributed by atoms with van der Waals surface area (Å²) in [6.07, 6.45) is 6.48. The molecule has 3 rings (SSSR count). The van der Waals surface area contributed by atoms with Gasteiger partial charge in [-0.2, -0.15) is 0 Å². The van der Waals surface area contributed by atoms with Gasteiger partial charge in [-0.05, 0) is 19.3 Å². The second-order valence-corrected chi connectivity index (χ2v) is 5.62. The van der Waals surface area contributed by atoms with Gasteiger partial charge in [0.2, 0.25) is 5.91 Å². The van der Waals surface area contributed by atoms with Gasteiger partial charge in [-0.25, -0.2) is 9.97 Å². The van der Waals surface area contributed by atoms with Crippen molar-refractivity contribution in [3.8, 4) is 0 Å². The highest BCUT2D eigenvalue weighted by Gasteiger charge is 2.31. The molecule has 108 valence electrons. The Bertz CT molecular complexity index is 503. The molecule has 5 nitrogen and oxygen atoms in total. The molecule has 1 atom stereocenters. The lowest BCUT2D eigenvalue weighted by molar-refractivity contribution is -0.132. The van der Waals surface area contributed by atoms with Crippen molar-refractivity contribution in [1.29, 1.82) is 0 Å². The number of fused-ring (bicyclic) bond motifs is 1. The van der Waals surface area contributed by atoms with Crippen LogP contribution in [0.4, 0.5) is 0 Å². The number of nitrogens with zero attached hydrogens (tertiary/aromatic N) is 3. The summed E-state index contributed by atoms with van der Waals surface area (Å²) in [6, 6.07) is 0.0919. The van der Waals surface area contributed by atoms with Crippen molar-refractivity contribution in [2.45, 2.75) is 51.6 Å².